The fourth-order valence-electron chi connectivity index (χ4n) is 5.71. The van der Waals surface area contributed by atoms with Gasteiger partial charge in [0.1, 0.15) is 24.5 Å². The van der Waals surface area contributed by atoms with Gasteiger partial charge in [0.15, 0.2) is 0 Å². The molecule has 3 heterocycles. The van der Waals surface area contributed by atoms with Gasteiger partial charge in [0, 0.05) is 37.0 Å². The molecule has 3 aromatic carbocycles. The average molecular weight is 708 g/mol. The number of nitrogens with zero attached hydrogens (tertiary/aromatic N) is 7. The average Bonchev–Trinajstić information content (AvgIpc) is 3.73. The number of rotatable bonds is 12. The van der Waals surface area contributed by atoms with E-state index in [9.17, 15) is 4.79 Å². The van der Waals surface area contributed by atoms with Crippen LogP contribution in [0.5, 0.6) is 0 Å². The summed E-state index contributed by atoms with van der Waals surface area (Å²) in [6, 6.07) is 26.6. The zero-order valence-electron chi connectivity index (χ0n) is 29.3. The highest BCUT2D eigenvalue weighted by Gasteiger charge is 2.26. The smallest absolute Gasteiger partial charge is 0.338 e. The third-order valence-electron chi connectivity index (χ3n) is 8.23. The summed E-state index contributed by atoms with van der Waals surface area (Å²) in [7, 11) is -1.30. The van der Waals surface area contributed by atoms with Crippen LogP contribution in [0.3, 0.4) is 0 Å². The van der Waals surface area contributed by atoms with Crippen LogP contribution in [-0.4, -0.2) is 61.0 Å². The number of carbonyl (C=O) groups is 1. The van der Waals surface area contributed by atoms with Crippen LogP contribution >= 0.6 is 11.6 Å². The predicted molar refractivity (Wildman–Crippen MR) is 198 cm³/mol. The van der Waals surface area contributed by atoms with Crippen LogP contribution in [0.4, 0.5) is 0 Å². The topological polar surface area (TPSA) is 110 Å². The molecule has 6 aromatic rings. The van der Waals surface area contributed by atoms with Gasteiger partial charge < -0.3 is 14.0 Å². The van der Waals surface area contributed by atoms with Crippen LogP contribution in [0, 0.1) is 0 Å². The maximum absolute atomic E-state index is 13.1. The molecule has 50 heavy (non-hydrogen) atoms. The summed E-state index contributed by atoms with van der Waals surface area (Å²) in [6.07, 6.45) is 4.05. The molecule has 0 saturated heterocycles. The third kappa shape index (κ3) is 8.53. The first-order valence-electron chi connectivity index (χ1n) is 16.7. The molecule has 3 aromatic heterocycles. The summed E-state index contributed by atoms with van der Waals surface area (Å²) in [5.74, 6) is 0.181. The van der Waals surface area contributed by atoms with Crippen molar-refractivity contribution in [2.75, 3.05) is 6.61 Å². The molecular formula is C38H42ClN7O3Si. The van der Waals surface area contributed by atoms with Gasteiger partial charge in [0.25, 0.3) is 0 Å². The second-order valence-electron chi connectivity index (χ2n) is 14.6. The minimum Gasteiger partial charge on any atom is -0.456 e. The lowest BCUT2D eigenvalue weighted by Gasteiger charge is -2.20. The van der Waals surface area contributed by atoms with E-state index in [0.717, 1.165) is 45.5 Å². The Morgan fingerprint density at radius 1 is 0.980 bits per heavy atom. The Kier molecular flexibility index (Phi) is 10.3. The van der Waals surface area contributed by atoms with Crippen LogP contribution in [-0.2, 0) is 22.6 Å². The quantitative estimate of drug-likeness (QED) is 0.0709. The molecule has 0 fully saturated rings. The molecule has 0 radical (unpaired) electrons. The number of tetrazole rings is 1. The molecule has 0 amide bonds. The van der Waals surface area contributed by atoms with E-state index in [0.29, 0.717) is 35.9 Å². The van der Waals surface area contributed by atoms with E-state index in [1.54, 1.807) is 23.1 Å². The lowest BCUT2D eigenvalue weighted by Crippen LogP contribution is -2.23. The van der Waals surface area contributed by atoms with Crippen molar-refractivity contribution in [3.05, 3.63) is 119 Å². The van der Waals surface area contributed by atoms with Crippen molar-refractivity contribution in [3.8, 4) is 16.8 Å². The molecule has 0 aliphatic rings. The second kappa shape index (κ2) is 14.6. The monoisotopic (exact) mass is 707 g/mol. The summed E-state index contributed by atoms with van der Waals surface area (Å²) in [4.78, 5) is 23.3. The summed E-state index contributed by atoms with van der Waals surface area (Å²) in [6.45, 7) is 13.6. The number of esters is 1. The molecule has 6 rings (SSSR count). The molecule has 1 atom stereocenters. The number of aromatic nitrogens is 7. The van der Waals surface area contributed by atoms with Crippen molar-refractivity contribution in [3.63, 3.8) is 0 Å². The zero-order chi connectivity index (χ0) is 35.5. The van der Waals surface area contributed by atoms with E-state index in [1.165, 1.54) is 0 Å². The van der Waals surface area contributed by atoms with Gasteiger partial charge in [-0.3, -0.25) is 4.98 Å². The minimum atomic E-state index is -1.30. The summed E-state index contributed by atoms with van der Waals surface area (Å²) >= 11 is 6.44. The fourth-order valence-corrected chi connectivity index (χ4v) is 6.64. The van der Waals surface area contributed by atoms with E-state index >= 15 is 0 Å². The largest absolute Gasteiger partial charge is 0.456 e. The number of pyridine rings is 1. The normalized spacial score (nSPS) is 12.7. The van der Waals surface area contributed by atoms with Gasteiger partial charge in [-0.2, -0.15) is 4.68 Å². The third-order valence-corrected chi connectivity index (χ3v) is 10.2. The van der Waals surface area contributed by atoms with Crippen LogP contribution in [0.2, 0.25) is 30.7 Å². The van der Waals surface area contributed by atoms with Gasteiger partial charge in [-0.15, -0.1) is 5.10 Å². The number of hydrogen-bond acceptors (Lipinski definition) is 8. The Labute approximate surface area is 298 Å². The predicted octanol–water partition coefficient (Wildman–Crippen LogP) is 8.37. The van der Waals surface area contributed by atoms with Crippen molar-refractivity contribution in [1.82, 2.24) is 34.7 Å². The first kappa shape index (κ1) is 35.1. The minimum absolute atomic E-state index is 0.234. The molecule has 0 saturated carbocycles. The number of imidazole rings is 1. The van der Waals surface area contributed by atoms with E-state index < -0.39 is 13.7 Å². The van der Waals surface area contributed by atoms with Crippen molar-refractivity contribution >= 4 is 36.7 Å². The number of fused-ring (bicyclic) bond motifs is 1. The molecule has 0 bridgehead atoms. The second-order valence-corrected chi connectivity index (χ2v) is 20.6. The SMILES string of the molecule is CC(C)(C)OC(=O)c1ccc2c(c1)nc(C(Cc1ccccc1)c1ccc(-c3cc(Cl)ccc3-n3cnnn3)cn1)n2COCC[Si](C)(C)C. The molecule has 0 N–H and O–H groups in total. The molecule has 10 nitrogen and oxygen atoms in total. The van der Waals surface area contributed by atoms with Gasteiger partial charge in [0.2, 0.25) is 0 Å². The van der Waals surface area contributed by atoms with Crippen LogP contribution in [0.1, 0.15) is 54.1 Å². The summed E-state index contributed by atoms with van der Waals surface area (Å²) < 4.78 is 15.7. The number of hydrogen-bond donors (Lipinski definition) is 0. The standard InChI is InChI=1S/C38H42ClN7O3Si/c1-38(2,3)49-37(47)27-13-16-35-33(21-27)42-36(45(35)25-48-18-19-50(4,5)6)31(20-26-10-8-7-9-11-26)32-15-12-28(23-40-32)30-22-29(39)14-17-34(30)46-24-41-43-44-46/h7-17,21-24,31H,18-20,25H2,1-6H3. The molecule has 12 heteroatoms. The van der Waals surface area contributed by atoms with Crippen molar-refractivity contribution in [2.45, 2.75) is 71.1 Å². The maximum atomic E-state index is 13.1. The van der Waals surface area contributed by atoms with Gasteiger partial charge in [0.05, 0.1) is 33.9 Å². The lowest BCUT2D eigenvalue weighted by molar-refractivity contribution is 0.00696. The Morgan fingerprint density at radius 3 is 2.46 bits per heavy atom. The number of carbonyl (C=O) groups excluding carboxylic acids is 1. The van der Waals surface area contributed by atoms with Crippen LogP contribution < -0.4 is 0 Å². The number of ether oxygens (including phenoxy) is 2. The van der Waals surface area contributed by atoms with Gasteiger partial charge >= 0.3 is 5.97 Å². The maximum Gasteiger partial charge on any atom is 0.338 e. The first-order valence-corrected chi connectivity index (χ1v) is 20.8. The van der Waals surface area contributed by atoms with Crippen molar-refractivity contribution < 1.29 is 14.3 Å². The van der Waals surface area contributed by atoms with Crippen LogP contribution in [0.15, 0.2) is 91.4 Å². The van der Waals surface area contributed by atoms with Crippen molar-refractivity contribution in [2.24, 2.45) is 0 Å². The Balaban J connectivity index is 1.43. The van der Waals surface area contributed by atoms with Gasteiger partial charge in [-0.05, 0) is 91.7 Å². The molecular weight excluding hydrogens is 666 g/mol. The Bertz CT molecular complexity index is 2070. The highest BCUT2D eigenvalue weighted by Crippen LogP contribution is 2.34. The number of halogens is 1. The number of benzene rings is 3. The molecule has 0 aliphatic heterocycles. The highest BCUT2D eigenvalue weighted by molar-refractivity contribution is 6.76. The van der Waals surface area contributed by atoms with Crippen molar-refractivity contribution in [1.29, 1.82) is 0 Å². The van der Waals surface area contributed by atoms with Crippen LogP contribution in [0.25, 0.3) is 27.8 Å². The molecule has 0 spiro atoms. The molecule has 1 unspecified atom stereocenters. The fraction of sp³-hybridized carbons (Fsp3) is 0.316. The summed E-state index contributed by atoms with van der Waals surface area (Å²) in [5.41, 5.74) is 5.89. The first-order chi connectivity index (χ1) is 23.8. The van der Waals surface area contributed by atoms with E-state index in [1.807, 2.05) is 81.6 Å². The highest BCUT2D eigenvalue weighted by atomic mass is 35.5. The Hall–Kier alpha value is -4.71. The van der Waals surface area contributed by atoms with E-state index in [2.05, 4.69) is 51.9 Å². The Morgan fingerprint density at radius 2 is 1.78 bits per heavy atom. The van der Waals surface area contributed by atoms with Gasteiger partial charge in [-0.1, -0.05) is 67.6 Å². The van der Waals surface area contributed by atoms with E-state index in [4.69, 9.17) is 31.0 Å². The molecule has 0 aliphatic carbocycles. The van der Waals surface area contributed by atoms with Gasteiger partial charge in [-0.25, -0.2) is 9.78 Å². The zero-order valence-corrected chi connectivity index (χ0v) is 31.1. The lowest BCUT2D eigenvalue weighted by atomic mass is 9.94. The summed E-state index contributed by atoms with van der Waals surface area (Å²) in [5, 5.41) is 12.3. The van der Waals surface area contributed by atoms with E-state index in [-0.39, 0.29) is 11.9 Å². The molecule has 258 valence electrons.